The molecular weight excluding hydrogens is 506 g/mol. The molecule has 0 saturated heterocycles. The Morgan fingerprint density at radius 2 is 1.73 bits per heavy atom. The van der Waals surface area contributed by atoms with E-state index in [0.29, 0.717) is 5.92 Å². The van der Waals surface area contributed by atoms with Crippen molar-refractivity contribution < 1.29 is 52.0 Å². The molecule has 2 aliphatic carbocycles. The molecule has 2 aromatic rings. The van der Waals surface area contributed by atoms with Crippen molar-refractivity contribution in [3.05, 3.63) is 82.9 Å². The minimum absolute atomic E-state index is 0. The van der Waals surface area contributed by atoms with Gasteiger partial charge in [0, 0.05) is 0 Å². The third-order valence-electron chi connectivity index (χ3n) is 5.72. The summed E-state index contributed by atoms with van der Waals surface area (Å²) in [5.41, 5.74) is 7.38. The average molecular weight is 536 g/mol. The molecule has 157 valence electrons. The van der Waals surface area contributed by atoms with Gasteiger partial charge in [0.15, 0.2) is 0 Å². The van der Waals surface area contributed by atoms with Gasteiger partial charge in [0.05, 0.1) is 0 Å². The van der Waals surface area contributed by atoms with E-state index in [4.69, 9.17) is 4.43 Å². The number of fused-ring (bicyclic) bond motifs is 2. The number of rotatable bonds is 6. The third kappa shape index (κ3) is 4.92. The fourth-order valence-electron chi connectivity index (χ4n) is 4.56. The standard InChI is InChI=1S/C23H25OSi.C2H4.2ClH.Zr/c1-25(2,3)24-15-14-18-16-23(21-11-7-6-10-20(18)21)22-13-12-17-8-4-5-9-19(17)22;1-2;;;/h4-13,16,23H,14-15H2,1-3H3;1H,2H3;2*1H;/q;;;;+2/p-2. The van der Waals surface area contributed by atoms with Gasteiger partial charge in [-0.2, -0.15) is 0 Å². The van der Waals surface area contributed by atoms with Crippen molar-refractivity contribution in [2.45, 2.75) is 42.0 Å². The van der Waals surface area contributed by atoms with Crippen molar-refractivity contribution >= 4 is 23.7 Å². The summed E-state index contributed by atoms with van der Waals surface area (Å²) in [5, 5.41) is 0. The molecule has 5 heteroatoms. The Kier molecular flexibility index (Phi) is 8.87. The molecule has 2 unspecified atom stereocenters. The Balaban J connectivity index is 0.00000160. The summed E-state index contributed by atoms with van der Waals surface area (Å²) in [5.74, 6) is 0.452. The zero-order valence-electron chi connectivity index (χ0n) is 18.1. The van der Waals surface area contributed by atoms with E-state index < -0.39 is 31.1 Å². The van der Waals surface area contributed by atoms with Crippen molar-refractivity contribution in [2.75, 3.05) is 6.61 Å². The van der Waals surface area contributed by atoms with Crippen LogP contribution >= 0.6 is 0 Å². The van der Waals surface area contributed by atoms with Crippen LogP contribution in [0.25, 0.3) is 11.6 Å². The molecule has 0 spiro atoms. The van der Waals surface area contributed by atoms with Crippen LogP contribution in [0.5, 0.6) is 0 Å². The number of hydrogen-bond acceptors (Lipinski definition) is 1. The van der Waals surface area contributed by atoms with Crippen LogP contribution in [0.2, 0.25) is 19.6 Å². The van der Waals surface area contributed by atoms with Gasteiger partial charge in [0.1, 0.15) is 0 Å². The monoisotopic (exact) mass is 533 g/mol. The molecule has 0 fully saturated rings. The van der Waals surface area contributed by atoms with Gasteiger partial charge in [-0.15, -0.1) is 0 Å². The molecule has 1 nitrogen and oxygen atoms in total. The van der Waals surface area contributed by atoms with E-state index in [9.17, 15) is 0 Å². The first kappa shape index (κ1) is 25.7. The SMILES string of the molecule is C[CH]=[Zr+2][C]1(C2C=C(CCO[Si](C)(C)C)c3ccccc32)C=Cc2ccccc21.[Cl-].[Cl-]. The minimum atomic E-state index is -1.47. The Morgan fingerprint density at radius 1 is 1.03 bits per heavy atom. The van der Waals surface area contributed by atoms with E-state index in [1.165, 1.54) is 27.8 Å². The van der Waals surface area contributed by atoms with Crippen LogP contribution in [0.4, 0.5) is 0 Å². The zero-order valence-corrected chi connectivity index (χ0v) is 23.1. The molecule has 30 heavy (non-hydrogen) atoms. The first-order valence-corrected chi connectivity index (χ1v) is 16.3. The second kappa shape index (κ2) is 10.4. The molecular formula is C25H29Cl2OSiZr. The summed E-state index contributed by atoms with van der Waals surface area (Å²) < 4.78 is 8.87. The predicted molar refractivity (Wildman–Crippen MR) is 120 cm³/mol. The molecule has 2 atom stereocenters. The van der Waals surface area contributed by atoms with Crippen molar-refractivity contribution in [1.29, 1.82) is 0 Å². The van der Waals surface area contributed by atoms with Crippen molar-refractivity contribution in [3.63, 3.8) is 0 Å². The molecule has 0 bridgehead atoms. The molecule has 2 aromatic carbocycles. The fraction of sp³-hybridized carbons (Fsp3) is 0.320. The molecule has 0 saturated carbocycles. The Bertz CT molecular complexity index is 977. The predicted octanol–water partition coefficient (Wildman–Crippen LogP) is 0.244. The molecule has 0 heterocycles. The molecule has 2 aliphatic rings. The van der Waals surface area contributed by atoms with E-state index >= 15 is 0 Å². The first-order chi connectivity index (χ1) is 13.4. The van der Waals surface area contributed by atoms with Gasteiger partial charge in [-0.1, -0.05) is 0 Å². The molecule has 0 radical (unpaired) electrons. The van der Waals surface area contributed by atoms with Gasteiger partial charge in [0.2, 0.25) is 0 Å². The Labute approximate surface area is 206 Å². The van der Waals surface area contributed by atoms with E-state index in [1.54, 1.807) is 0 Å². The summed E-state index contributed by atoms with van der Waals surface area (Å²) in [6, 6.07) is 18.1. The van der Waals surface area contributed by atoms with Crippen LogP contribution in [0.1, 0.15) is 41.5 Å². The molecule has 0 aromatic heterocycles. The van der Waals surface area contributed by atoms with Crippen molar-refractivity contribution in [1.82, 2.24) is 0 Å². The van der Waals surface area contributed by atoms with Crippen molar-refractivity contribution in [3.8, 4) is 0 Å². The molecule has 0 aliphatic heterocycles. The van der Waals surface area contributed by atoms with Gasteiger partial charge in [-0.05, 0) is 0 Å². The second-order valence-corrected chi connectivity index (χ2v) is 17.4. The average Bonchev–Trinajstić information content (AvgIpc) is 3.22. The number of allylic oxidation sites excluding steroid dienone is 2. The van der Waals surface area contributed by atoms with Gasteiger partial charge in [-0.25, -0.2) is 0 Å². The summed E-state index contributed by atoms with van der Waals surface area (Å²) in [7, 11) is -1.47. The van der Waals surface area contributed by atoms with E-state index in [2.05, 4.69) is 97.0 Å². The smallest absolute Gasteiger partial charge is 1.00 e. The topological polar surface area (TPSA) is 9.23 Å². The summed E-state index contributed by atoms with van der Waals surface area (Å²) >= 11 is -0.763. The normalized spacial score (nSPS) is 21.3. The van der Waals surface area contributed by atoms with E-state index in [1.807, 2.05) is 0 Å². The second-order valence-electron chi connectivity index (χ2n) is 8.69. The molecule has 0 N–H and O–H groups in total. The summed E-state index contributed by atoms with van der Waals surface area (Å²) in [6.07, 6.45) is 8.49. The van der Waals surface area contributed by atoms with Gasteiger partial charge in [-0.3, -0.25) is 0 Å². The maximum Gasteiger partial charge on any atom is -1.00 e. The van der Waals surface area contributed by atoms with E-state index in [0.717, 1.165) is 13.0 Å². The first-order valence-electron chi connectivity index (χ1n) is 10.2. The maximum atomic E-state index is 6.18. The Hall–Kier alpha value is -0.570. The van der Waals surface area contributed by atoms with Crippen LogP contribution in [0.15, 0.2) is 60.7 Å². The van der Waals surface area contributed by atoms with Crippen LogP contribution in [-0.4, -0.2) is 18.6 Å². The van der Waals surface area contributed by atoms with Crippen LogP contribution in [0.3, 0.4) is 0 Å². The number of hydrogen-bond donors (Lipinski definition) is 0. The summed E-state index contributed by atoms with van der Waals surface area (Å²) in [4.78, 5) is 0. The number of benzene rings is 2. The molecule has 4 rings (SSSR count). The third-order valence-corrected chi connectivity index (χ3v) is 10.5. The zero-order chi connectivity index (χ0) is 19.8. The number of halogens is 2. The van der Waals surface area contributed by atoms with Gasteiger partial charge in [0.25, 0.3) is 0 Å². The van der Waals surface area contributed by atoms with Crippen molar-refractivity contribution in [2.24, 2.45) is 0 Å². The van der Waals surface area contributed by atoms with Crippen LogP contribution in [-0.2, 0) is 30.3 Å². The summed E-state index contributed by atoms with van der Waals surface area (Å²) in [6.45, 7) is 9.90. The van der Waals surface area contributed by atoms with Crippen LogP contribution in [0, 0.1) is 0 Å². The Morgan fingerprint density at radius 3 is 2.47 bits per heavy atom. The minimum Gasteiger partial charge on any atom is -1.00 e. The van der Waals surface area contributed by atoms with Gasteiger partial charge >= 0.3 is 182 Å². The maximum absolute atomic E-state index is 6.18. The van der Waals surface area contributed by atoms with Crippen LogP contribution < -0.4 is 24.8 Å². The molecule has 0 amide bonds. The fourth-order valence-corrected chi connectivity index (χ4v) is 8.86. The van der Waals surface area contributed by atoms with Gasteiger partial charge < -0.3 is 24.8 Å². The quantitative estimate of drug-likeness (QED) is 0.482. The van der Waals surface area contributed by atoms with E-state index in [-0.39, 0.29) is 27.9 Å². The largest absolute Gasteiger partial charge is 1.00 e.